The standard InChI is InChI=1S/C42H46N2O4/c1-7-9-11-23(3)17-19-43-39(45)29-15-13-27-34-26(6)22-32-36-30(40(46)44(42(32)48)20-18-24(4)12-10-8-2)16-14-28(38(34)36)33-25(5)21-31(41(43)47)35(29)37(27)33/h13-16,21-24H,7-12,17-20H2,1-6H3. The molecule has 2 heterocycles. The fraction of sp³-hybridized carbons (Fsp3) is 0.429. The first-order valence-electron chi connectivity index (χ1n) is 18.0. The first kappa shape index (κ1) is 32.2. The van der Waals surface area contributed by atoms with Crippen LogP contribution in [0.15, 0.2) is 36.4 Å². The average molecular weight is 643 g/mol. The molecular formula is C42H46N2O4. The molecule has 2 unspecified atom stereocenters. The molecule has 0 fully saturated rings. The van der Waals surface area contributed by atoms with E-state index in [1.165, 1.54) is 9.80 Å². The third-order valence-corrected chi connectivity index (χ3v) is 11.2. The molecule has 248 valence electrons. The summed E-state index contributed by atoms with van der Waals surface area (Å²) in [7, 11) is 0. The van der Waals surface area contributed by atoms with Gasteiger partial charge in [-0.2, -0.15) is 0 Å². The fourth-order valence-electron chi connectivity index (χ4n) is 8.47. The minimum absolute atomic E-state index is 0.227. The number of carbonyl (C=O) groups excluding carboxylic acids is 4. The SMILES string of the molecule is CCCCC(C)CCN1C(=O)c2ccc3c4c(C)cc5c6c(ccc(c7c(C)cc(c2c37)C1=O)c64)C(=O)N(CCC(C)CCCC)C5=O. The lowest BCUT2D eigenvalue weighted by Crippen LogP contribution is -2.41. The average Bonchev–Trinajstić information content (AvgIpc) is 3.07. The van der Waals surface area contributed by atoms with Crippen molar-refractivity contribution < 1.29 is 19.2 Å². The van der Waals surface area contributed by atoms with Crippen LogP contribution in [-0.4, -0.2) is 46.5 Å². The second-order valence-corrected chi connectivity index (χ2v) is 14.6. The van der Waals surface area contributed by atoms with Gasteiger partial charge in [-0.15, -0.1) is 0 Å². The number of amides is 4. The monoisotopic (exact) mass is 642 g/mol. The molecular weight excluding hydrogens is 596 g/mol. The van der Waals surface area contributed by atoms with Crippen LogP contribution >= 0.6 is 0 Å². The third-order valence-electron chi connectivity index (χ3n) is 11.2. The Morgan fingerprint density at radius 3 is 1.25 bits per heavy atom. The van der Waals surface area contributed by atoms with E-state index in [1.54, 1.807) is 0 Å². The summed E-state index contributed by atoms with van der Waals surface area (Å²) in [5, 5.41) is 7.07. The molecule has 0 spiro atoms. The second-order valence-electron chi connectivity index (χ2n) is 14.6. The van der Waals surface area contributed by atoms with Crippen LogP contribution in [0, 0.1) is 25.7 Å². The molecule has 5 aromatic rings. The Kier molecular flexibility index (Phi) is 8.25. The predicted octanol–water partition coefficient (Wildman–Crippen LogP) is 9.98. The van der Waals surface area contributed by atoms with Gasteiger partial charge in [0.05, 0.1) is 0 Å². The van der Waals surface area contributed by atoms with Crippen molar-refractivity contribution in [1.82, 2.24) is 9.80 Å². The summed E-state index contributed by atoms with van der Waals surface area (Å²) in [4.78, 5) is 58.9. The topological polar surface area (TPSA) is 74.8 Å². The van der Waals surface area contributed by atoms with Gasteiger partial charge in [0.1, 0.15) is 0 Å². The normalized spacial score (nSPS) is 16.0. The molecule has 0 saturated carbocycles. The molecule has 0 aliphatic carbocycles. The van der Waals surface area contributed by atoms with E-state index in [-0.39, 0.29) is 23.6 Å². The maximum atomic E-state index is 14.0. The van der Waals surface area contributed by atoms with E-state index in [9.17, 15) is 19.2 Å². The molecule has 0 bridgehead atoms. The molecule has 0 N–H and O–H groups in total. The summed E-state index contributed by atoms with van der Waals surface area (Å²) in [6, 6.07) is 11.7. The first-order chi connectivity index (χ1) is 23.1. The van der Waals surface area contributed by atoms with Gasteiger partial charge < -0.3 is 0 Å². The molecule has 0 aromatic heterocycles. The fourth-order valence-corrected chi connectivity index (χ4v) is 8.47. The number of carbonyl (C=O) groups is 4. The van der Waals surface area contributed by atoms with Crippen molar-refractivity contribution in [2.75, 3.05) is 13.1 Å². The molecule has 0 saturated heterocycles. The number of benzene rings is 5. The molecule has 7 rings (SSSR count). The van der Waals surface area contributed by atoms with Gasteiger partial charge >= 0.3 is 0 Å². The van der Waals surface area contributed by atoms with E-state index in [1.807, 2.05) is 50.2 Å². The Morgan fingerprint density at radius 2 is 0.875 bits per heavy atom. The molecule has 0 radical (unpaired) electrons. The van der Waals surface area contributed by atoms with Crippen molar-refractivity contribution in [3.05, 3.63) is 69.8 Å². The molecule has 2 aliphatic heterocycles. The summed E-state index contributed by atoms with van der Waals surface area (Å²) in [6.45, 7) is 13.6. The number of unbranched alkanes of at least 4 members (excludes halogenated alkanes) is 2. The Bertz CT molecular complexity index is 2010. The summed E-state index contributed by atoms with van der Waals surface area (Å²) in [5.41, 5.74) is 4.15. The van der Waals surface area contributed by atoms with Gasteiger partial charge in [-0.25, -0.2) is 0 Å². The first-order valence-corrected chi connectivity index (χ1v) is 18.0. The van der Waals surface area contributed by atoms with E-state index in [0.29, 0.717) is 58.0 Å². The highest BCUT2D eigenvalue weighted by Gasteiger charge is 2.37. The van der Waals surface area contributed by atoms with Gasteiger partial charge in [-0.05, 0) is 106 Å². The lowest BCUT2D eigenvalue weighted by molar-refractivity contribution is 0.0586. The number of nitrogens with zero attached hydrogens (tertiary/aromatic N) is 2. The summed E-state index contributed by atoms with van der Waals surface area (Å²) in [6.07, 6.45) is 8.31. The molecule has 5 aromatic carbocycles. The van der Waals surface area contributed by atoms with Gasteiger partial charge in [-0.1, -0.05) is 78.4 Å². The van der Waals surface area contributed by atoms with Gasteiger partial charge in [-0.3, -0.25) is 29.0 Å². The zero-order valence-electron chi connectivity index (χ0n) is 29.2. The van der Waals surface area contributed by atoms with E-state index in [2.05, 4.69) is 27.7 Å². The van der Waals surface area contributed by atoms with Crippen LogP contribution in [0.2, 0.25) is 0 Å². The molecule has 48 heavy (non-hydrogen) atoms. The Morgan fingerprint density at radius 1 is 0.500 bits per heavy atom. The van der Waals surface area contributed by atoms with E-state index in [4.69, 9.17) is 0 Å². The highest BCUT2D eigenvalue weighted by atomic mass is 16.2. The predicted molar refractivity (Wildman–Crippen MR) is 194 cm³/mol. The Balaban J connectivity index is 1.38. The third kappa shape index (κ3) is 4.82. The lowest BCUT2D eigenvalue weighted by Gasteiger charge is -2.31. The molecule has 2 atom stereocenters. The lowest BCUT2D eigenvalue weighted by atomic mass is 9.79. The van der Waals surface area contributed by atoms with Gasteiger partial charge in [0.15, 0.2) is 0 Å². The van der Waals surface area contributed by atoms with E-state index >= 15 is 0 Å². The quantitative estimate of drug-likeness (QED) is 0.0771. The molecule has 6 heteroatoms. The maximum absolute atomic E-state index is 14.0. The number of rotatable bonds is 12. The Hall–Kier alpha value is -4.32. The number of fused-ring (bicyclic) bond motifs is 2. The zero-order chi connectivity index (χ0) is 34.0. The number of imide groups is 2. The highest BCUT2D eigenvalue weighted by molar-refractivity contribution is 6.42. The Labute approximate surface area is 282 Å². The van der Waals surface area contributed by atoms with Gasteiger partial charge in [0.2, 0.25) is 0 Å². The van der Waals surface area contributed by atoms with Gasteiger partial charge in [0.25, 0.3) is 23.6 Å². The molecule has 2 aliphatic rings. The van der Waals surface area contributed by atoms with Gasteiger partial charge in [0, 0.05) is 46.1 Å². The van der Waals surface area contributed by atoms with Crippen LogP contribution in [0.3, 0.4) is 0 Å². The van der Waals surface area contributed by atoms with Crippen LogP contribution in [0.25, 0.3) is 43.1 Å². The minimum Gasteiger partial charge on any atom is -0.274 e. The van der Waals surface area contributed by atoms with Crippen LogP contribution in [0.5, 0.6) is 0 Å². The van der Waals surface area contributed by atoms with Crippen LogP contribution in [0.1, 0.15) is 132 Å². The number of aryl methyl sites for hydroxylation is 2. The number of hydrogen-bond acceptors (Lipinski definition) is 4. The van der Waals surface area contributed by atoms with Crippen LogP contribution in [-0.2, 0) is 0 Å². The molecule has 4 amide bonds. The van der Waals surface area contributed by atoms with Crippen molar-refractivity contribution in [2.24, 2.45) is 11.8 Å². The molecule has 6 nitrogen and oxygen atoms in total. The summed E-state index contributed by atoms with van der Waals surface area (Å²) >= 11 is 0. The maximum Gasteiger partial charge on any atom is 0.261 e. The van der Waals surface area contributed by atoms with Crippen molar-refractivity contribution in [3.63, 3.8) is 0 Å². The number of hydrogen-bond donors (Lipinski definition) is 0. The van der Waals surface area contributed by atoms with E-state index in [0.717, 1.165) is 94.8 Å². The van der Waals surface area contributed by atoms with Crippen LogP contribution in [0.4, 0.5) is 0 Å². The minimum atomic E-state index is -0.232. The van der Waals surface area contributed by atoms with E-state index < -0.39 is 0 Å². The summed E-state index contributed by atoms with van der Waals surface area (Å²) in [5.74, 6) is -0.0454. The smallest absolute Gasteiger partial charge is 0.261 e. The second kappa shape index (κ2) is 12.3. The van der Waals surface area contributed by atoms with Crippen molar-refractivity contribution in [2.45, 2.75) is 92.9 Å². The van der Waals surface area contributed by atoms with Crippen molar-refractivity contribution >= 4 is 66.7 Å². The highest BCUT2D eigenvalue weighted by Crippen LogP contribution is 2.48. The van der Waals surface area contributed by atoms with Crippen molar-refractivity contribution in [3.8, 4) is 0 Å². The van der Waals surface area contributed by atoms with Crippen LogP contribution < -0.4 is 0 Å². The zero-order valence-corrected chi connectivity index (χ0v) is 29.2. The van der Waals surface area contributed by atoms with Crippen molar-refractivity contribution in [1.29, 1.82) is 0 Å². The summed E-state index contributed by atoms with van der Waals surface area (Å²) < 4.78 is 0. The largest absolute Gasteiger partial charge is 0.274 e.